The van der Waals surface area contributed by atoms with Gasteiger partial charge in [0.05, 0.1) is 4.88 Å². The zero-order chi connectivity index (χ0) is 16.7. The fourth-order valence-electron chi connectivity index (χ4n) is 2.02. The summed E-state index contributed by atoms with van der Waals surface area (Å²) in [5, 5.41) is 1.91. The first-order valence-corrected chi connectivity index (χ1v) is 9.57. The highest BCUT2D eigenvalue weighted by Crippen LogP contribution is 2.30. The highest BCUT2D eigenvalue weighted by molar-refractivity contribution is 8.29. The summed E-state index contributed by atoms with van der Waals surface area (Å²) >= 11 is 8.48. The van der Waals surface area contributed by atoms with E-state index >= 15 is 0 Å². The van der Waals surface area contributed by atoms with Crippen LogP contribution in [0.4, 0.5) is 0 Å². The minimum atomic E-state index is 0.0219. The van der Waals surface area contributed by atoms with Crippen molar-refractivity contribution in [3.05, 3.63) is 64.4 Å². The molecular formula is C18H19NOS3. The van der Waals surface area contributed by atoms with Crippen molar-refractivity contribution in [3.8, 4) is 0 Å². The van der Waals surface area contributed by atoms with Crippen LogP contribution in [0, 0.1) is 0 Å². The Morgan fingerprint density at radius 3 is 2.43 bits per heavy atom. The van der Waals surface area contributed by atoms with Gasteiger partial charge >= 0.3 is 0 Å². The van der Waals surface area contributed by atoms with E-state index in [2.05, 4.69) is 18.7 Å². The van der Waals surface area contributed by atoms with Gasteiger partial charge in [0, 0.05) is 24.1 Å². The van der Waals surface area contributed by atoms with Gasteiger partial charge in [-0.1, -0.05) is 60.4 Å². The number of ketones is 1. The molecule has 2 aromatic rings. The molecule has 5 heteroatoms. The van der Waals surface area contributed by atoms with E-state index in [-0.39, 0.29) is 5.78 Å². The number of thioether (sulfide) groups is 1. The maximum Gasteiger partial charge on any atom is 0.196 e. The summed E-state index contributed by atoms with van der Waals surface area (Å²) in [6.07, 6.45) is 1.70. The molecule has 23 heavy (non-hydrogen) atoms. The number of hydrogen-bond acceptors (Lipinski definition) is 4. The molecule has 0 unspecified atom stereocenters. The van der Waals surface area contributed by atoms with E-state index in [1.165, 1.54) is 23.1 Å². The normalized spacial score (nSPS) is 11.3. The van der Waals surface area contributed by atoms with E-state index in [0.29, 0.717) is 0 Å². The Labute approximate surface area is 151 Å². The van der Waals surface area contributed by atoms with Gasteiger partial charge in [-0.15, -0.1) is 11.3 Å². The van der Waals surface area contributed by atoms with Gasteiger partial charge in [-0.2, -0.15) is 0 Å². The van der Waals surface area contributed by atoms with E-state index < -0.39 is 0 Å². The number of carbonyl (C=O) groups is 1. The van der Waals surface area contributed by atoms with Crippen molar-refractivity contribution >= 4 is 50.3 Å². The fraction of sp³-hybridized carbons (Fsp3) is 0.222. The monoisotopic (exact) mass is 361 g/mol. The molecule has 0 atom stereocenters. The molecule has 0 amide bonds. The molecule has 1 aromatic carbocycles. The van der Waals surface area contributed by atoms with Crippen LogP contribution in [0.5, 0.6) is 0 Å². The maximum absolute atomic E-state index is 12.4. The van der Waals surface area contributed by atoms with Crippen LogP contribution < -0.4 is 0 Å². The summed E-state index contributed by atoms with van der Waals surface area (Å²) in [5.41, 5.74) is 1.01. The molecule has 0 saturated carbocycles. The highest BCUT2D eigenvalue weighted by atomic mass is 32.2. The number of rotatable bonds is 6. The molecule has 0 fully saturated rings. The highest BCUT2D eigenvalue weighted by Gasteiger charge is 2.13. The van der Waals surface area contributed by atoms with Gasteiger partial charge in [-0.05, 0) is 30.9 Å². The van der Waals surface area contributed by atoms with E-state index in [0.717, 1.165) is 32.8 Å². The van der Waals surface area contributed by atoms with E-state index in [1.54, 1.807) is 6.08 Å². The Bertz CT molecular complexity index is 674. The van der Waals surface area contributed by atoms with Crippen LogP contribution >= 0.6 is 35.3 Å². The topological polar surface area (TPSA) is 20.3 Å². The van der Waals surface area contributed by atoms with Crippen LogP contribution in [-0.2, 0) is 0 Å². The van der Waals surface area contributed by atoms with Crippen LogP contribution in [0.15, 0.2) is 53.9 Å². The molecule has 0 bridgehead atoms. The summed E-state index contributed by atoms with van der Waals surface area (Å²) in [7, 11) is 0. The number of allylic oxidation sites excluding steroid dienone is 1. The van der Waals surface area contributed by atoms with Gasteiger partial charge in [0.2, 0.25) is 0 Å². The van der Waals surface area contributed by atoms with Gasteiger partial charge in [0.15, 0.2) is 5.78 Å². The van der Waals surface area contributed by atoms with Crippen LogP contribution in [0.25, 0.3) is 4.91 Å². The van der Waals surface area contributed by atoms with Crippen LogP contribution in [0.2, 0.25) is 0 Å². The third-order valence-electron chi connectivity index (χ3n) is 3.30. The van der Waals surface area contributed by atoms with Gasteiger partial charge in [-0.25, -0.2) is 0 Å². The lowest BCUT2D eigenvalue weighted by Crippen LogP contribution is -2.26. The average molecular weight is 362 g/mol. The quantitative estimate of drug-likeness (QED) is 0.393. The second-order valence-corrected chi connectivity index (χ2v) is 7.38. The second-order valence-electron chi connectivity index (χ2n) is 4.76. The lowest BCUT2D eigenvalue weighted by Gasteiger charge is -2.21. The van der Waals surface area contributed by atoms with Crippen LogP contribution in [-0.4, -0.2) is 28.1 Å². The fourth-order valence-corrected chi connectivity index (χ4v) is 4.18. The lowest BCUT2D eigenvalue weighted by atomic mass is 10.2. The molecular weight excluding hydrogens is 342 g/mol. The van der Waals surface area contributed by atoms with E-state index in [1.807, 2.05) is 47.8 Å². The smallest absolute Gasteiger partial charge is 0.196 e. The summed E-state index contributed by atoms with van der Waals surface area (Å²) in [6, 6.07) is 13.7. The first-order valence-electron chi connectivity index (χ1n) is 7.47. The Balaban J connectivity index is 2.29. The van der Waals surface area contributed by atoms with Crippen molar-refractivity contribution in [2.45, 2.75) is 13.8 Å². The van der Waals surface area contributed by atoms with Crippen LogP contribution in [0.3, 0.4) is 0 Å². The third-order valence-corrected chi connectivity index (χ3v) is 5.70. The zero-order valence-corrected chi connectivity index (χ0v) is 15.6. The van der Waals surface area contributed by atoms with Crippen molar-refractivity contribution < 1.29 is 4.79 Å². The number of thiophene rings is 1. The standard InChI is InChI=1S/C18H19NOS3/c1-3-19(4-2)18(21)23-17(14-9-6-5-7-10-14)13-15(20)16-11-8-12-22-16/h5-13H,3-4H2,1-2H3/b17-13+. The summed E-state index contributed by atoms with van der Waals surface area (Å²) in [4.78, 5) is 16.2. The van der Waals surface area contributed by atoms with E-state index in [9.17, 15) is 4.79 Å². The molecule has 0 aliphatic rings. The molecule has 0 saturated heterocycles. The number of carbonyl (C=O) groups excluding carboxylic acids is 1. The lowest BCUT2D eigenvalue weighted by molar-refractivity contribution is 0.105. The largest absolute Gasteiger partial charge is 0.358 e. The second kappa shape index (κ2) is 9.01. The Morgan fingerprint density at radius 1 is 1.17 bits per heavy atom. The van der Waals surface area contributed by atoms with E-state index in [4.69, 9.17) is 12.2 Å². The summed E-state index contributed by atoms with van der Waals surface area (Å²) < 4.78 is 0.795. The van der Waals surface area contributed by atoms with Gasteiger partial charge < -0.3 is 4.90 Å². The Hall–Kier alpha value is -1.43. The minimum absolute atomic E-state index is 0.0219. The molecule has 1 heterocycles. The molecule has 0 spiro atoms. The predicted molar refractivity (Wildman–Crippen MR) is 106 cm³/mol. The number of thiocarbonyl (C=S) groups is 1. The number of hydrogen-bond donors (Lipinski definition) is 0. The summed E-state index contributed by atoms with van der Waals surface area (Å²) in [5.74, 6) is 0.0219. The van der Waals surface area contributed by atoms with Crippen molar-refractivity contribution in [1.29, 1.82) is 0 Å². The zero-order valence-electron chi connectivity index (χ0n) is 13.2. The first-order chi connectivity index (χ1) is 11.2. The molecule has 120 valence electrons. The van der Waals surface area contributed by atoms with Gasteiger partial charge in [0.1, 0.15) is 4.32 Å². The SMILES string of the molecule is CCN(CC)C(=S)S/C(=C/C(=O)c1cccs1)c1ccccc1. The number of nitrogens with zero attached hydrogens (tertiary/aromatic N) is 1. The predicted octanol–water partition coefficient (Wildman–Crippen LogP) is 5.33. The molecule has 0 N–H and O–H groups in total. The van der Waals surface area contributed by atoms with Gasteiger partial charge in [-0.3, -0.25) is 4.79 Å². The third kappa shape index (κ3) is 5.03. The summed E-state index contributed by atoms with van der Waals surface area (Å²) in [6.45, 7) is 5.89. The molecule has 0 aliphatic heterocycles. The molecule has 2 nitrogen and oxygen atoms in total. The minimum Gasteiger partial charge on any atom is -0.358 e. The van der Waals surface area contributed by atoms with Gasteiger partial charge in [0.25, 0.3) is 0 Å². The maximum atomic E-state index is 12.4. The van der Waals surface area contributed by atoms with Crippen molar-refractivity contribution in [2.24, 2.45) is 0 Å². The molecule has 0 aliphatic carbocycles. The number of benzene rings is 1. The molecule has 1 aromatic heterocycles. The molecule has 0 radical (unpaired) electrons. The van der Waals surface area contributed by atoms with Crippen molar-refractivity contribution in [3.63, 3.8) is 0 Å². The van der Waals surface area contributed by atoms with Crippen LogP contribution in [0.1, 0.15) is 29.1 Å². The Morgan fingerprint density at radius 2 is 1.87 bits per heavy atom. The van der Waals surface area contributed by atoms with Crippen molar-refractivity contribution in [2.75, 3.05) is 13.1 Å². The first kappa shape index (κ1) is 17.9. The average Bonchev–Trinajstić information content (AvgIpc) is 3.11. The van der Waals surface area contributed by atoms with Crippen molar-refractivity contribution in [1.82, 2.24) is 4.90 Å². The molecule has 2 rings (SSSR count). The Kier molecular flexibility index (Phi) is 7.02.